The third-order valence-corrected chi connectivity index (χ3v) is 3.92. The Hall–Kier alpha value is -1.17. The highest BCUT2D eigenvalue weighted by Crippen LogP contribution is 2.27. The summed E-state index contributed by atoms with van der Waals surface area (Å²) in [5.74, 6) is -0.164. The molecule has 1 unspecified atom stereocenters. The molecule has 0 amide bonds. The van der Waals surface area contributed by atoms with Crippen molar-refractivity contribution in [3.63, 3.8) is 0 Å². The smallest absolute Gasteiger partial charge is 0.129 e. The first-order chi connectivity index (χ1) is 9.78. The quantitative estimate of drug-likeness (QED) is 0.853. The molecule has 1 aromatic carbocycles. The van der Waals surface area contributed by atoms with Gasteiger partial charge in [0, 0.05) is 36.9 Å². The SMILES string of the molecule is OCC1CN(c2cccc(F)c2CNC2CC2)CCO1. The molecule has 110 valence electrons. The monoisotopic (exact) mass is 280 g/mol. The molecule has 0 aromatic heterocycles. The van der Waals surface area contributed by atoms with Crippen LogP contribution in [0.4, 0.5) is 10.1 Å². The van der Waals surface area contributed by atoms with Crippen molar-refractivity contribution in [1.82, 2.24) is 5.32 Å². The molecule has 0 bridgehead atoms. The summed E-state index contributed by atoms with van der Waals surface area (Å²) in [5.41, 5.74) is 1.64. The van der Waals surface area contributed by atoms with Crippen molar-refractivity contribution in [2.75, 3.05) is 31.2 Å². The summed E-state index contributed by atoms with van der Waals surface area (Å²) in [6, 6.07) is 5.76. The van der Waals surface area contributed by atoms with E-state index in [0.29, 0.717) is 25.7 Å². The Morgan fingerprint density at radius 1 is 1.40 bits per heavy atom. The number of hydrogen-bond acceptors (Lipinski definition) is 4. The minimum absolute atomic E-state index is 0.00146. The highest BCUT2D eigenvalue weighted by atomic mass is 19.1. The van der Waals surface area contributed by atoms with Crippen LogP contribution in [-0.4, -0.2) is 43.6 Å². The standard InChI is InChI=1S/C15H21FN2O2/c16-14-2-1-3-15(13(14)8-17-11-4-5-11)18-6-7-20-12(9-18)10-19/h1-3,11-12,17,19H,4-10H2. The molecule has 1 aromatic rings. The van der Waals surface area contributed by atoms with Gasteiger partial charge in [0.15, 0.2) is 0 Å². The minimum Gasteiger partial charge on any atom is -0.394 e. The van der Waals surface area contributed by atoms with E-state index in [0.717, 1.165) is 17.8 Å². The molecular weight excluding hydrogens is 259 g/mol. The molecule has 1 aliphatic carbocycles. The van der Waals surface area contributed by atoms with E-state index in [-0.39, 0.29) is 18.5 Å². The second kappa shape index (κ2) is 6.08. The van der Waals surface area contributed by atoms with Crippen LogP contribution in [0, 0.1) is 5.82 Å². The van der Waals surface area contributed by atoms with Gasteiger partial charge in [-0.15, -0.1) is 0 Å². The second-order valence-electron chi connectivity index (χ2n) is 5.51. The molecule has 3 rings (SSSR count). The summed E-state index contributed by atoms with van der Waals surface area (Å²) in [5, 5.41) is 12.6. The Balaban J connectivity index is 1.77. The lowest BCUT2D eigenvalue weighted by Crippen LogP contribution is -2.44. The van der Waals surface area contributed by atoms with Crippen LogP contribution in [0.15, 0.2) is 18.2 Å². The molecule has 1 heterocycles. The lowest BCUT2D eigenvalue weighted by molar-refractivity contribution is 0.00351. The van der Waals surface area contributed by atoms with Gasteiger partial charge in [0.2, 0.25) is 0 Å². The van der Waals surface area contributed by atoms with E-state index in [4.69, 9.17) is 4.74 Å². The number of hydrogen-bond donors (Lipinski definition) is 2. The molecule has 2 N–H and O–H groups in total. The molecule has 4 nitrogen and oxygen atoms in total. The first kappa shape index (κ1) is 13.8. The van der Waals surface area contributed by atoms with Gasteiger partial charge in [0.1, 0.15) is 5.82 Å². The maximum absolute atomic E-state index is 14.1. The summed E-state index contributed by atoms with van der Waals surface area (Å²) in [6.07, 6.45) is 2.19. The van der Waals surface area contributed by atoms with Crippen LogP contribution >= 0.6 is 0 Å². The molecule has 1 aliphatic heterocycles. The topological polar surface area (TPSA) is 44.7 Å². The first-order valence-corrected chi connectivity index (χ1v) is 7.26. The largest absolute Gasteiger partial charge is 0.394 e. The predicted molar refractivity (Wildman–Crippen MR) is 75.3 cm³/mol. The van der Waals surface area contributed by atoms with E-state index in [9.17, 15) is 9.50 Å². The first-order valence-electron chi connectivity index (χ1n) is 7.26. The van der Waals surface area contributed by atoms with Gasteiger partial charge in [-0.1, -0.05) is 6.07 Å². The third kappa shape index (κ3) is 3.11. The van der Waals surface area contributed by atoms with Gasteiger partial charge in [-0.2, -0.15) is 0 Å². The van der Waals surface area contributed by atoms with Gasteiger partial charge < -0.3 is 20.1 Å². The predicted octanol–water partition coefficient (Wildman–Crippen LogP) is 1.28. The van der Waals surface area contributed by atoms with Crippen LogP contribution in [0.3, 0.4) is 0 Å². The number of halogens is 1. The van der Waals surface area contributed by atoms with E-state index < -0.39 is 0 Å². The van der Waals surface area contributed by atoms with Gasteiger partial charge >= 0.3 is 0 Å². The van der Waals surface area contributed by atoms with Crippen molar-refractivity contribution in [3.05, 3.63) is 29.6 Å². The molecule has 5 heteroatoms. The van der Waals surface area contributed by atoms with E-state index in [1.807, 2.05) is 6.07 Å². The Morgan fingerprint density at radius 2 is 2.25 bits per heavy atom. The van der Waals surface area contributed by atoms with Gasteiger partial charge in [-0.25, -0.2) is 4.39 Å². The van der Waals surface area contributed by atoms with Crippen molar-refractivity contribution in [2.45, 2.75) is 31.5 Å². The third-order valence-electron chi connectivity index (χ3n) is 3.92. The number of benzene rings is 1. The van der Waals surface area contributed by atoms with Crippen LogP contribution < -0.4 is 10.2 Å². The highest BCUT2D eigenvalue weighted by molar-refractivity contribution is 5.54. The van der Waals surface area contributed by atoms with Gasteiger partial charge in [-0.05, 0) is 25.0 Å². The highest BCUT2D eigenvalue weighted by Gasteiger charge is 2.25. The number of nitrogens with zero attached hydrogens (tertiary/aromatic N) is 1. The van der Waals surface area contributed by atoms with E-state index >= 15 is 0 Å². The van der Waals surface area contributed by atoms with Crippen molar-refractivity contribution in [3.8, 4) is 0 Å². The average molecular weight is 280 g/mol. The molecular formula is C15H21FN2O2. The zero-order chi connectivity index (χ0) is 13.9. The van der Waals surface area contributed by atoms with Crippen LogP contribution in [0.5, 0.6) is 0 Å². The second-order valence-corrected chi connectivity index (χ2v) is 5.51. The molecule has 2 aliphatic rings. The summed E-state index contributed by atoms with van der Waals surface area (Å²) >= 11 is 0. The van der Waals surface area contributed by atoms with Gasteiger partial charge in [0.05, 0.1) is 19.3 Å². The van der Waals surface area contributed by atoms with Crippen molar-refractivity contribution in [2.24, 2.45) is 0 Å². The molecule has 1 saturated carbocycles. The van der Waals surface area contributed by atoms with Crippen LogP contribution in [-0.2, 0) is 11.3 Å². The normalized spacial score (nSPS) is 23.1. The maximum atomic E-state index is 14.1. The van der Waals surface area contributed by atoms with Crippen molar-refractivity contribution < 1.29 is 14.2 Å². The zero-order valence-electron chi connectivity index (χ0n) is 11.5. The fourth-order valence-corrected chi connectivity index (χ4v) is 2.60. The summed E-state index contributed by atoms with van der Waals surface area (Å²) < 4.78 is 19.6. The van der Waals surface area contributed by atoms with E-state index in [1.165, 1.54) is 18.9 Å². The Labute approximate surface area is 118 Å². The number of aliphatic hydroxyl groups is 1. The molecule has 1 saturated heterocycles. The number of anilines is 1. The number of nitrogens with one attached hydrogen (secondary N) is 1. The van der Waals surface area contributed by atoms with Gasteiger partial charge in [0.25, 0.3) is 0 Å². The fourth-order valence-electron chi connectivity index (χ4n) is 2.60. The lowest BCUT2D eigenvalue weighted by atomic mass is 10.1. The van der Waals surface area contributed by atoms with Crippen LogP contribution in [0.2, 0.25) is 0 Å². The Kier molecular flexibility index (Phi) is 4.19. The Bertz CT molecular complexity index is 465. The van der Waals surface area contributed by atoms with Crippen molar-refractivity contribution >= 4 is 5.69 Å². The lowest BCUT2D eigenvalue weighted by Gasteiger charge is -2.35. The van der Waals surface area contributed by atoms with E-state index in [1.54, 1.807) is 6.07 Å². The summed E-state index contributed by atoms with van der Waals surface area (Å²) in [4.78, 5) is 2.11. The summed E-state index contributed by atoms with van der Waals surface area (Å²) in [6.45, 7) is 2.47. The average Bonchev–Trinajstić information content (AvgIpc) is 3.30. The minimum atomic E-state index is -0.184. The number of morpholine rings is 1. The zero-order valence-corrected chi connectivity index (χ0v) is 11.5. The Morgan fingerprint density at radius 3 is 3.00 bits per heavy atom. The van der Waals surface area contributed by atoms with Crippen molar-refractivity contribution in [1.29, 1.82) is 0 Å². The molecule has 20 heavy (non-hydrogen) atoms. The molecule has 0 radical (unpaired) electrons. The number of aliphatic hydroxyl groups excluding tert-OH is 1. The summed E-state index contributed by atoms with van der Waals surface area (Å²) in [7, 11) is 0. The van der Waals surface area contributed by atoms with E-state index in [2.05, 4.69) is 10.2 Å². The van der Waals surface area contributed by atoms with Gasteiger partial charge in [-0.3, -0.25) is 0 Å². The van der Waals surface area contributed by atoms with Crippen LogP contribution in [0.1, 0.15) is 18.4 Å². The molecule has 2 fully saturated rings. The van der Waals surface area contributed by atoms with Crippen LogP contribution in [0.25, 0.3) is 0 Å². The number of ether oxygens (including phenoxy) is 1. The number of rotatable bonds is 5. The molecule has 0 spiro atoms. The molecule has 1 atom stereocenters. The maximum Gasteiger partial charge on any atom is 0.129 e. The fraction of sp³-hybridized carbons (Fsp3) is 0.600.